The molecule has 0 saturated heterocycles. The number of anilines is 1. The van der Waals surface area contributed by atoms with E-state index in [1.807, 2.05) is 6.92 Å². The van der Waals surface area contributed by atoms with E-state index in [9.17, 15) is 18.0 Å². The topological polar surface area (TPSA) is 86.8 Å². The molecule has 0 aromatic heterocycles. The van der Waals surface area contributed by atoms with Crippen molar-refractivity contribution in [1.82, 2.24) is 10.2 Å². The van der Waals surface area contributed by atoms with Crippen LogP contribution >= 0.6 is 46.4 Å². The number of nitrogens with zero attached hydrogens (tertiary/aromatic N) is 2. The van der Waals surface area contributed by atoms with Crippen molar-refractivity contribution in [1.29, 1.82) is 0 Å². The van der Waals surface area contributed by atoms with Crippen molar-refractivity contribution >= 4 is 73.9 Å². The Hall–Kier alpha value is -2.49. The van der Waals surface area contributed by atoms with Gasteiger partial charge in [0.2, 0.25) is 11.8 Å². The fourth-order valence-electron chi connectivity index (χ4n) is 4.18. The second-order valence-electron chi connectivity index (χ2n) is 9.26. The van der Waals surface area contributed by atoms with Gasteiger partial charge in [-0.1, -0.05) is 90.9 Å². The first-order valence-electron chi connectivity index (χ1n) is 13.0. The summed E-state index contributed by atoms with van der Waals surface area (Å²) in [6.45, 7) is 3.61. The number of nitrogens with one attached hydrogen (secondary N) is 1. The predicted molar refractivity (Wildman–Crippen MR) is 166 cm³/mol. The molecule has 1 unspecified atom stereocenters. The quantitative estimate of drug-likeness (QED) is 0.197. The highest BCUT2D eigenvalue weighted by Gasteiger charge is 2.34. The van der Waals surface area contributed by atoms with Crippen LogP contribution in [-0.4, -0.2) is 44.3 Å². The molecule has 3 rings (SSSR count). The summed E-state index contributed by atoms with van der Waals surface area (Å²) < 4.78 is 28.7. The molecule has 0 aliphatic carbocycles. The molecule has 2 amide bonds. The van der Waals surface area contributed by atoms with Crippen molar-refractivity contribution in [2.24, 2.45) is 0 Å². The molecule has 0 spiro atoms. The Morgan fingerprint density at radius 1 is 0.878 bits per heavy atom. The summed E-state index contributed by atoms with van der Waals surface area (Å²) in [5.41, 5.74) is 0.692. The maximum absolute atomic E-state index is 14.1. The Balaban J connectivity index is 2.07. The molecular formula is C29H31Cl4N3O4S. The zero-order valence-electron chi connectivity index (χ0n) is 22.6. The largest absolute Gasteiger partial charge is 0.354 e. The zero-order chi connectivity index (χ0) is 30.2. The minimum absolute atomic E-state index is 0.0109. The molecule has 220 valence electrons. The Morgan fingerprint density at radius 2 is 1.59 bits per heavy atom. The Morgan fingerprint density at radius 3 is 2.20 bits per heavy atom. The first-order valence-corrected chi connectivity index (χ1v) is 16.0. The second-order valence-corrected chi connectivity index (χ2v) is 12.8. The van der Waals surface area contributed by atoms with Gasteiger partial charge in [0.15, 0.2) is 0 Å². The van der Waals surface area contributed by atoms with E-state index in [1.165, 1.54) is 35.2 Å². The van der Waals surface area contributed by atoms with Gasteiger partial charge in [0.1, 0.15) is 12.6 Å². The number of hydrogen-bond acceptors (Lipinski definition) is 4. The van der Waals surface area contributed by atoms with Gasteiger partial charge in [-0.3, -0.25) is 13.9 Å². The number of carbonyl (C=O) groups excluding carboxylic acids is 2. The highest BCUT2D eigenvalue weighted by molar-refractivity contribution is 7.92. The molecule has 0 radical (unpaired) electrons. The fourth-order valence-corrected chi connectivity index (χ4v) is 6.51. The highest BCUT2D eigenvalue weighted by Crippen LogP contribution is 2.33. The van der Waals surface area contributed by atoms with Crippen LogP contribution in [0.15, 0.2) is 71.6 Å². The van der Waals surface area contributed by atoms with Crippen molar-refractivity contribution in [3.8, 4) is 0 Å². The average Bonchev–Trinajstić information content (AvgIpc) is 2.94. The Labute approximate surface area is 261 Å². The summed E-state index contributed by atoms with van der Waals surface area (Å²) in [4.78, 5) is 28.7. The van der Waals surface area contributed by atoms with Crippen LogP contribution in [0.3, 0.4) is 0 Å². The molecule has 0 heterocycles. The third-order valence-corrected chi connectivity index (χ3v) is 9.39. The lowest BCUT2D eigenvalue weighted by Gasteiger charge is -2.33. The molecule has 12 heteroatoms. The number of amides is 2. The molecule has 41 heavy (non-hydrogen) atoms. The minimum Gasteiger partial charge on any atom is -0.354 e. The predicted octanol–water partition coefficient (Wildman–Crippen LogP) is 7.22. The molecule has 0 saturated carbocycles. The first kappa shape index (κ1) is 33.0. The third-order valence-electron chi connectivity index (χ3n) is 6.34. The van der Waals surface area contributed by atoms with E-state index in [-0.39, 0.29) is 34.5 Å². The molecule has 0 bridgehead atoms. The van der Waals surface area contributed by atoms with Crippen molar-refractivity contribution in [3.05, 3.63) is 92.4 Å². The van der Waals surface area contributed by atoms with E-state index in [1.54, 1.807) is 43.3 Å². The number of rotatable bonds is 13. The lowest BCUT2D eigenvalue weighted by molar-refractivity contribution is -0.140. The second kappa shape index (κ2) is 15.1. The normalized spacial score (nSPS) is 12.0. The van der Waals surface area contributed by atoms with Crippen LogP contribution in [0.2, 0.25) is 20.1 Å². The molecular weight excluding hydrogens is 628 g/mol. The lowest BCUT2D eigenvalue weighted by atomic mass is 10.1. The van der Waals surface area contributed by atoms with Crippen LogP contribution in [0.4, 0.5) is 5.69 Å². The van der Waals surface area contributed by atoms with Gasteiger partial charge in [-0.15, -0.1) is 0 Å². The maximum Gasteiger partial charge on any atom is 0.264 e. The van der Waals surface area contributed by atoms with Gasteiger partial charge >= 0.3 is 0 Å². The van der Waals surface area contributed by atoms with Crippen molar-refractivity contribution in [2.75, 3.05) is 17.4 Å². The standard InChI is InChI=1S/C29H31Cl4N3O4S/c1-3-5-15-34-29(38)26(4-2)35(18-20-11-13-23(31)24(32)16-20)28(37)19-36(27-14-12-21(30)17-25(27)33)41(39,40)22-9-7-6-8-10-22/h6-14,16-17,26H,3-5,15,18-19H2,1-2H3,(H,34,38). The molecule has 0 aliphatic rings. The summed E-state index contributed by atoms with van der Waals surface area (Å²) in [6.07, 6.45) is 1.95. The Kier molecular flexibility index (Phi) is 12.2. The van der Waals surface area contributed by atoms with Gasteiger partial charge in [-0.25, -0.2) is 8.42 Å². The van der Waals surface area contributed by atoms with Crippen LogP contribution in [0.25, 0.3) is 0 Å². The average molecular weight is 659 g/mol. The van der Waals surface area contributed by atoms with E-state index in [0.717, 1.165) is 17.1 Å². The van der Waals surface area contributed by atoms with Crippen LogP contribution in [0, 0.1) is 0 Å². The summed E-state index contributed by atoms with van der Waals surface area (Å²) in [5.74, 6) is -0.949. The third kappa shape index (κ3) is 8.52. The molecule has 1 atom stereocenters. The minimum atomic E-state index is -4.25. The van der Waals surface area contributed by atoms with Gasteiger partial charge in [0.05, 0.1) is 25.7 Å². The van der Waals surface area contributed by atoms with E-state index in [4.69, 9.17) is 46.4 Å². The SMILES string of the molecule is CCCCNC(=O)C(CC)N(Cc1ccc(Cl)c(Cl)c1)C(=O)CN(c1ccc(Cl)cc1Cl)S(=O)(=O)c1ccccc1. The van der Waals surface area contributed by atoms with Crippen molar-refractivity contribution in [3.63, 3.8) is 0 Å². The van der Waals surface area contributed by atoms with Gasteiger partial charge < -0.3 is 10.2 Å². The number of hydrogen-bond donors (Lipinski definition) is 1. The van der Waals surface area contributed by atoms with Gasteiger partial charge in [0, 0.05) is 18.1 Å². The highest BCUT2D eigenvalue weighted by atomic mass is 35.5. The monoisotopic (exact) mass is 657 g/mol. The van der Waals surface area contributed by atoms with Crippen LogP contribution in [0.1, 0.15) is 38.7 Å². The summed E-state index contributed by atoms with van der Waals surface area (Å²) >= 11 is 24.8. The van der Waals surface area contributed by atoms with Crippen LogP contribution in [0.5, 0.6) is 0 Å². The fraction of sp³-hybridized carbons (Fsp3) is 0.310. The number of unbranched alkanes of at least 4 members (excludes halogenated alkanes) is 1. The van der Waals surface area contributed by atoms with E-state index >= 15 is 0 Å². The van der Waals surface area contributed by atoms with Crippen LogP contribution in [-0.2, 0) is 26.2 Å². The lowest BCUT2D eigenvalue weighted by Crippen LogP contribution is -2.52. The van der Waals surface area contributed by atoms with Gasteiger partial charge in [-0.2, -0.15) is 0 Å². The van der Waals surface area contributed by atoms with Gasteiger partial charge in [0.25, 0.3) is 10.0 Å². The number of carbonyl (C=O) groups is 2. The van der Waals surface area contributed by atoms with E-state index in [2.05, 4.69) is 5.32 Å². The van der Waals surface area contributed by atoms with Crippen molar-refractivity contribution in [2.45, 2.75) is 50.6 Å². The molecule has 0 fully saturated rings. The Bertz CT molecular complexity index is 1470. The van der Waals surface area contributed by atoms with E-state index in [0.29, 0.717) is 27.2 Å². The molecule has 3 aromatic rings. The maximum atomic E-state index is 14.1. The van der Waals surface area contributed by atoms with Crippen molar-refractivity contribution < 1.29 is 18.0 Å². The summed E-state index contributed by atoms with van der Waals surface area (Å²) in [5, 5.41) is 3.87. The number of sulfonamides is 1. The smallest absolute Gasteiger partial charge is 0.264 e. The zero-order valence-corrected chi connectivity index (χ0v) is 26.5. The molecule has 0 aliphatic heterocycles. The molecule has 7 nitrogen and oxygen atoms in total. The molecule has 3 aromatic carbocycles. The van der Waals surface area contributed by atoms with Crippen LogP contribution < -0.4 is 9.62 Å². The molecule has 1 N–H and O–H groups in total. The summed E-state index contributed by atoms with van der Waals surface area (Å²) in [7, 11) is -4.25. The number of halogens is 4. The summed E-state index contributed by atoms with van der Waals surface area (Å²) in [6, 6.07) is 16.1. The van der Waals surface area contributed by atoms with E-state index < -0.39 is 28.5 Å². The number of benzene rings is 3. The first-order chi connectivity index (χ1) is 19.5. The van der Waals surface area contributed by atoms with Gasteiger partial charge in [-0.05, 0) is 60.9 Å².